The van der Waals surface area contributed by atoms with E-state index < -0.39 is 5.97 Å². The molecule has 8 heteroatoms. The first-order chi connectivity index (χ1) is 21.1. The lowest BCUT2D eigenvalue weighted by molar-refractivity contribution is -0.143. The number of nitrogens with one attached hydrogen (secondary N) is 2. The van der Waals surface area contributed by atoms with Gasteiger partial charge in [-0.05, 0) is 105 Å². The van der Waals surface area contributed by atoms with Crippen molar-refractivity contribution < 1.29 is 19.4 Å². The molecule has 0 aliphatic carbocycles. The average molecular weight is 591 g/mol. The molecule has 0 saturated carbocycles. The summed E-state index contributed by atoms with van der Waals surface area (Å²) in [5.41, 5.74) is 14.3. The molecule has 226 valence electrons. The predicted molar refractivity (Wildman–Crippen MR) is 178 cm³/mol. The molecular formula is C36H38N4O4. The standard InChI is InChI=1S/C36H38N4O4/c1-8-23-19(4)27-15-28-21(6)25(11-13-35(41)42)33(39-28)18-34-26(12-14-36(43)44-10-3)22(7)30(40-34)17-32-24(9-2)20(5)29(38-32)16-31(23)37-27/h8-9,15-18,37-38H,1-2,10-14H2,3-7H3,(H,41,42). The Labute approximate surface area is 256 Å². The largest absolute Gasteiger partial charge is 0.481 e. The third kappa shape index (κ3) is 5.67. The molecule has 3 N–H and O–H groups in total. The van der Waals surface area contributed by atoms with Crippen LogP contribution in [0, 0.1) is 13.8 Å². The molecule has 0 saturated heterocycles. The summed E-state index contributed by atoms with van der Waals surface area (Å²) in [5.74, 6) is -1.14. The van der Waals surface area contributed by atoms with Gasteiger partial charge in [-0.15, -0.1) is 0 Å². The minimum absolute atomic E-state index is 0.0190. The van der Waals surface area contributed by atoms with Crippen LogP contribution in [0.1, 0.15) is 91.5 Å². The van der Waals surface area contributed by atoms with E-state index in [0.717, 1.165) is 78.0 Å². The number of allylic oxidation sites excluding steroid dienone is 4. The van der Waals surface area contributed by atoms with Crippen LogP contribution in [0.2, 0.25) is 0 Å². The normalized spacial score (nSPS) is 12.9. The fourth-order valence-electron chi connectivity index (χ4n) is 5.99. The lowest BCUT2D eigenvalue weighted by Gasteiger charge is -2.06. The summed E-state index contributed by atoms with van der Waals surface area (Å²) in [4.78, 5) is 41.1. The first-order valence-electron chi connectivity index (χ1n) is 14.8. The van der Waals surface area contributed by atoms with Crippen LogP contribution in [0.3, 0.4) is 0 Å². The number of hydrogen-bond donors (Lipinski definition) is 3. The minimum Gasteiger partial charge on any atom is -0.481 e. The molecule has 0 radical (unpaired) electrons. The van der Waals surface area contributed by atoms with Gasteiger partial charge in [-0.2, -0.15) is 0 Å². The second-order valence-corrected chi connectivity index (χ2v) is 11.1. The van der Waals surface area contributed by atoms with Crippen molar-refractivity contribution in [2.75, 3.05) is 6.61 Å². The number of carbonyl (C=O) groups is 2. The van der Waals surface area contributed by atoms with Crippen LogP contribution in [0.5, 0.6) is 0 Å². The van der Waals surface area contributed by atoms with Crippen LogP contribution >= 0.6 is 0 Å². The summed E-state index contributed by atoms with van der Waals surface area (Å²) < 4.78 is 5.21. The van der Waals surface area contributed by atoms with Crippen LogP contribution in [0.25, 0.3) is 56.5 Å². The number of carboxylic acids is 1. The molecule has 2 aliphatic rings. The molecule has 5 heterocycles. The van der Waals surface area contributed by atoms with Crippen molar-refractivity contribution in [1.82, 2.24) is 19.9 Å². The minimum atomic E-state index is -0.871. The predicted octanol–water partition coefficient (Wildman–Crippen LogP) is 8.29. The number of rotatable bonds is 9. The molecule has 5 rings (SSSR count). The fourth-order valence-corrected chi connectivity index (χ4v) is 5.99. The topological polar surface area (TPSA) is 121 Å². The maximum atomic E-state index is 12.3. The monoisotopic (exact) mass is 590 g/mol. The summed E-state index contributed by atoms with van der Waals surface area (Å²) in [7, 11) is 0. The summed E-state index contributed by atoms with van der Waals surface area (Å²) in [6, 6.07) is 8.03. The Morgan fingerprint density at radius 2 is 1.23 bits per heavy atom. The highest BCUT2D eigenvalue weighted by Gasteiger charge is 2.23. The molecule has 0 fully saturated rings. The molecule has 44 heavy (non-hydrogen) atoms. The lowest BCUT2D eigenvalue weighted by Crippen LogP contribution is -2.03. The van der Waals surface area contributed by atoms with Crippen LogP contribution < -0.4 is 0 Å². The molecule has 8 bridgehead atoms. The van der Waals surface area contributed by atoms with Crippen LogP contribution in [-0.2, 0) is 14.3 Å². The van der Waals surface area contributed by atoms with Gasteiger partial charge in [0.15, 0.2) is 0 Å². The highest BCUT2D eigenvalue weighted by atomic mass is 16.5. The number of hydrogen-bond acceptors (Lipinski definition) is 5. The zero-order valence-corrected chi connectivity index (χ0v) is 26.0. The Kier molecular flexibility index (Phi) is 8.54. The number of aromatic amines is 2. The molecule has 0 aromatic carbocycles. The maximum Gasteiger partial charge on any atom is 0.306 e. The molecule has 0 amide bonds. The van der Waals surface area contributed by atoms with Gasteiger partial charge in [-0.1, -0.05) is 25.3 Å². The average Bonchev–Trinajstić information content (AvgIpc) is 3.64. The third-order valence-corrected chi connectivity index (χ3v) is 8.51. The maximum absolute atomic E-state index is 12.3. The van der Waals surface area contributed by atoms with E-state index in [2.05, 4.69) is 36.1 Å². The highest BCUT2D eigenvalue weighted by Crippen LogP contribution is 2.38. The number of ether oxygens (including phenoxy) is 1. The number of aryl methyl sites for hydroxylation is 2. The van der Waals surface area contributed by atoms with E-state index in [0.29, 0.717) is 30.8 Å². The van der Waals surface area contributed by atoms with Crippen LogP contribution in [0.4, 0.5) is 0 Å². The van der Waals surface area contributed by atoms with E-state index in [-0.39, 0.29) is 18.8 Å². The van der Waals surface area contributed by atoms with E-state index in [1.54, 1.807) is 6.92 Å². The molecule has 3 aromatic rings. The van der Waals surface area contributed by atoms with Gasteiger partial charge in [0.05, 0.1) is 29.4 Å². The molecule has 0 atom stereocenters. The fraction of sp³-hybridized carbons (Fsp3) is 0.278. The lowest BCUT2D eigenvalue weighted by atomic mass is 9.98. The quantitative estimate of drug-likeness (QED) is 0.216. The zero-order valence-electron chi connectivity index (χ0n) is 26.0. The van der Waals surface area contributed by atoms with Crippen molar-refractivity contribution in [3.63, 3.8) is 0 Å². The number of fused-ring (bicyclic) bond motifs is 8. The van der Waals surface area contributed by atoms with Crippen molar-refractivity contribution in [3.8, 4) is 0 Å². The van der Waals surface area contributed by atoms with Crippen molar-refractivity contribution in [2.24, 2.45) is 0 Å². The second kappa shape index (κ2) is 12.3. The Balaban J connectivity index is 1.88. The number of aliphatic carboxylic acids is 1. The van der Waals surface area contributed by atoms with E-state index in [9.17, 15) is 14.7 Å². The Morgan fingerprint density at radius 3 is 1.73 bits per heavy atom. The van der Waals surface area contributed by atoms with Gasteiger partial charge < -0.3 is 19.8 Å². The van der Waals surface area contributed by atoms with Crippen LogP contribution in [-0.4, -0.2) is 43.6 Å². The Hall–Kier alpha value is -4.98. The summed E-state index contributed by atoms with van der Waals surface area (Å²) >= 11 is 0. The van der Waals surface area contributed by atoms with Gasteiger partial charge in [-0.25, -0.2) is 9.97 Å². The van der Waals surface area contributed by atoms with Gasteiger partial charge in [0.1, 0.15) is 0 Å². The molecular weight excluding hydrogens is 552 g/mol. The van der Waals surface area contributed by atoms with Gasteiger partial charge in [0, 0.05) is 46.0 Å². The van der Waals surface area contributed by atoms with E-state index in [1.807, 2.05) is 51.1 Å². The summed E-state index contributed by atoms with van der Waals surface area (Å²) in [6.07, 6.45) is 4.68. The van der Waals surface area contributed by atoms with Gasteiger partial charge in [-0.3, -0.25) is 9.59 Å². The van der Waals surface area contributed by atoms with Gasteiger partial charge in [0.2, 0.25) is 0 Å². The Morgan fingerprint density at radius 1 is 0.750 bits per heavy atom. The SMILES string of the molecule is C=Cc1c(C)c2cc3[nH]c(cc4nc(cc5nc(cc1[nH]2)C(C)=C5CCC(=O)OCC)C(CCC(=O)O)=C4C)c(C)c3C=C. The smallest absolute Gasteiger partial charge is 0.306 e. The first kappa shape index (κ1) is 30.5. The van der Waals surface area contributed by atoms with Crippen molar-refractivity contribution >= 4 is 68.4 Å². The number of carbonyl (C=O) groups excluding carboxylic acids is 1. The molecule has 8 nitrogen and oxygen atoms in total. The first-order valence-corrected chi connectivity index (χ1v) is 14.8. The Bertz CT molecular complexity index is 1950. The van der Waals surface area contributed by atoms with Crippen molar-refractivity contribution in [2.45, 2.75) is 60.3 Å². The zero-order chi connectivity index (χ0) is 31.7. The summed E-state index contributed by atoms with van der Waals surface area (Å²) in [5, 5.41) is 9.50. The number of H-pyrrole nitrogens is 2. The van der Waals surface area contributed by atoms with E-state index >= 15 is 0 Å². The molecule has 0 spiro atoms. The highest BCUT2D eigenvalue weighted by molar-refractivity contribution is 5.97. The van der Waals surface area contributed by atoms with Crippen molar-refractivity contribution in [3.05, 3.63) is 82.5 Å². The van der Waals surface area contributed by atoms with Gasteiger partial charge in [0.25, 0.3) is 0 Å². The molecule has 0 unspecified atom stereocenters. The molecule has 3 aromatic heterocycles. The van der Waals surface area contributed by atoms with Crippen LogP contribution in [0.15, 0.2) is 37.4 Å². The van der Waals surface area contributed by atoms with E-state index in [4.69, 9.17) is 14.7 Å². The number of nitrogens with zero attached hydrogens (tertiary/aromatic N) is 2. The van der Waals surface area contributed by atoms with E-state index in [1.165, 1.54) is 0 Å². The number of aromatic nitrogens is 4. The third-order valence-electron chi connectivity index (χ3n) is 8.51. The van der Waals surface area contributed by atoms with Crippen molar-refractivity contribution in [1.29, 1.82) is 0 Å². The van der Waals surface area contributed by atoms with Gasteiger partial charge >= 0.3 is 11.9 Å². The number of carboxylic acid groups (broad SMARTS) is 1. The molecule has 2 aliphatic heterocycles. The summed E-state index contributed by atoms with van der Waals surface area (Å²) in [6.45, 7) is 18.4. The number of esters is 1. The second-order valence-electron chi connectivity index (χ2n) is 11.1.